The fourth-order valence-corrected chi connectivity index (χ4v) is 5.81. The van der Waals surface area contributed by atoms with Crippen molar-refractivity contribution in [3.63, 3.8) is 0 Å². The average molecular weight is 682 g/mol. The van der Waals surface area contributed by atoms with E-state index in [1.165, 1.54) is 24.3 Å². The van der Waals surface area contributed by atoms with Crippen LogP contribution in [0.4, 0.5) is 0 Å². The maximum absolute atomic E-state index is 13.9. The van der Waals surface area contributed by atoms with Gasteiger partial charge in [-0.2, -0.15) is 0 Å². The van der Waals surface area contributed by atoms with Crippen LogP contribution in [0, 0.1) is 0 Å². The second kappa shape index (κ2) is 15.8. The smallest absolute Gasteiger partial charge is 0.326 e. The van der Waals surface area contributed by atoms with E-state index in [9.17, 15) is 34.2 Å². The van der Waals surface area contributed by atoms with Gasteiger partial charge in [-0.25, -0.2) is 4.79 Å². The van der Waals surface area contributed by atoms with Gasteiger partial charge < -0.3 is 47.6 Å². The van der Waals surface area contributed by atoms with E-state index in [1.807, 2.05) is 48.5 Å². The van der Waals surface area contributed by atoms with Crippen LogP contribution in [0.3, 0.4) is 0 Å². The number of aromatic hydroxyl groups is 1. The van der Waals surface area contributed by atoms with Crippen LogP contribution in [-0.2, 0) is 43.2 Å². The highest BCUT2D eigenvalue weighted by Crippen LogP contribution is 2.21. The second-order valence-electron chi connectivity index (χ2n) is 12.1. The first-order valence-corrected chi connectivity index (χ1v) is 16.0. The molecule has 4 atom stereocenters. The Kier molecular flexibility index (Phi) is 11.1. The molecule has 260 valence electrons. The highest BCUT2D eigenvalue weighted by molar-refractivity contribution is 5.95. The van der Waals surface area contributed by atoms with Gasteiger partial charge in [0.25, 0.3) is 0 Å². The number of benzene rings is 3. The van der Waals surface area contributed by atoms with Crippen molar-refractivity contribution in [3.8, 4) is 5.75 Å². The summed E-state index contributed by atoms with van der Waals surface area (Å²) in [7, 11) is 0. The standard InChI is InChI=1S/C36H39N7O7/c37-26(16-21-18-39-27-7-3-1-5-24(21)27)33(46)42-30(17-22-19-40-28-8-4-2-6-25(22)28)35(48)41-29(13-14-32(38)45)34(47)43-31(36(49)50)15-20-9-11-23(44)12-10-20/h1-12,18-19,26,29-31,39-40,44H,13-17,37H2,(H2,38,45)(H,41,48)(H,42,46)(H,43,47)(H,49,50). The van der Waals surface area contributed by atoms with Crippen LogP contribution < -0.4 is 27.4 Å². The summed E-state index contributed by atoms with van der Waals surface area (Å²) >= 11 is 0. The van der Waals surface area contributed by atoms with Crippen molar-refractivity contribution in [3.05, 3.63) is 102 Å². The van der Waals surface area contributed by atoms with Gasteiger partial charge in [-0.05, 0) is 53.8 Å². The van der Waals surface area contributed by atoms with Gasteiger partial charge in [0.15, 0.2) is 0 Å². The number of nitrogens with two attached hydrogens (primary N) is 2. The number of aromatic amines is 2. The first kappa shape index (κ1) is 35.2. The van der Waals surface area contributed by atoms with E-state index in [2.05, 4.69) is 25.9 Å². The van der Waals surface area contributed by atoms with E-state index in [1.54, 1.807) is 12.4 Å². The number of para-hydroxylation sites is 2. The van der Waals surface area contributed by atoms with Crippen molar-refractivity contribution in [1.29, 1.82) is 0 Å². The van der Waals surface area contributed by atoms with E-state index in [0.717, 1.165) is 27.4 Å². The van der Waals surface area contributed by atoms with Crippen LogP contribution >= 0.6 is 0 Å². The van der Waals surface area contributed by atoms with Gasteiger partial charge in [0.2, 0.25) is 23.6 Å². The van der Waals surface area contributed by atoms with Gasteiger partial charge in [0, 0.05) is 53.5 Å². The highest BCUT2D eigenvalue weighted by atomic mass is 16.4. The molecule has 5 rings (SSSR count). The Bertz CT molecular complexity index is 2000. The first-order chi connectivity index (χ1) is 24.0. The molecule has 0 fully saturated rings. The number of aromatic nitrogens is 2. The van der Waals surface area contributed by atoms with Crippen LogP contribution in [-0.4, -0.2) is 73.9 Å². The molecule has 14 nitrogen and oxygen atoms in total. The Morgan fingerprint density at radius 2 is 1.18 bits per heavy atom. The SMILES string of the molecule is NC(=O)CCC(NC(=O)C(Cc1c[nH]c2ccccc12)NC(=O)C(N)Cc1c[nH]c2ccccc12)C(=O)NC(Cc1ccc(O)cc1)C(=O)O. The molecule has 0 saturated carbocycles. The molecule has 11 N–H and O–H groups in total. The van der Waals surface area contributed by atoms with Crippen molar-refractivity contribution in [2.45, 2.75) is 56.3 Å². The van der Waals surface area contributed by atoms with Crippen LogP contribution in [0.15, 0.2) is 85.2 Å². The largest absolute Gasteiger partial charge is 0.508 e. The lowest BCUT2D eigenvalue weighted by Crippen LogP contribution is -2.58. The number of carbonyl (C=O) groups is 5. The third kappa shape index (κ3) is 8.85. The Labute approximate surface area is 286 Å². The summed E-state index contributed by atoms with van der Waals surface area (Å²) in [6.07, 6.45) is 3.06. The predicted octanol–water partition coefficient (Wildman–Crippen LogP) is 1.51. The lowest BCUT2D eigenvalue weighted by Gasteiger charge is -2.25. The molecule has 0 aliphatic carbocycles. The zero-order chi connectivity index (χ0) is 35.8. The van der Waals surface area contributed by atoms with Crippen molar-refractivity contribution < 1.29 is 34.2 Å². The minimum atomic E-state index is -1.40. The van der Waals surface area contributed by atoms with E-state index < -0.39 is 53.8 Å². The van der Waals surface area contributed by atoms with Crippen LogP contribution in [0.2, 0.25) is 0 Å². The zero-order valence-corrected chi connectivity index (χ0v) is 27.0. The normalized spacial score (nSPS) is 13.6. The number of phenolic OH excluding ortho intramolecular Hbond substituents is 1. The molecule has 3 aromatic carbocycles. The number of fused-ring (bicyclic) bond motifs is 2. The molecule has 0 saturated heterocycles. The summed E-state index contributed by atoms with van der Waals surface area (Å²) in [6.45, 7) is 0. The second-order valence-corrected chi connectivity index (χ2v) is 12.1. The van der Waals surface area contributed by atoms with Gasteiger partial charge in [-0.3, -0.25) is 19.2 Å². The lowest BCUT2D eigenvalue weighted by atomic mass is 10.0. The maximum Gasteiger partial charge on any atom is 0.326 e. The average Bonchev–Trinajstić information content (AvgIpc) is 3.70. The fourth-order valence-electron chi connectivity index (χ4n) is 5.81. The molecule has 0 spiro atoms. The number of hydrogen-bond donors (Lipinski definition) is 9. The number of H-pyrrole nitrogens is 2. The predicted molar refractivity (Wildman–Crippen MR) is 186 cm³/mol. The fraction of sp³-hybridized carbons (Fsp3) is 0.250. The number of hydrogen-bond acceptors (Lipinski definition) is 7. The molecule has 0 bridgehead atoms. The molecule has 0 radical (unpaired) electrons. The Morgan fingerprint density at radius 1 is 0.660 bits per heavy atom. The molecule has 5 aromatic rings. The van der Waals surface area contributed by atoms with Gasteiger partial charge in [-0.15, -0.1) is 0 Å². The number of amides is 4. The minimum absolute atomic E-state index is 0.00732. The van der Waals surface area contributed by atoms with E-state index in [0.29, 0.717) is 11.1 Å². The number of carbonyl (C=O) groups excluding carboxylic acids is 4. The molecule has 14 heteroatoms. The monoisotopic (exact) mass is 681 g/mol. The number of primary amides is 1. The molecule has 0 aliphatic heterocycles. The van der Waals surface area contributed by atoms with Crippen molar-refractivity contribution in [1.82, 2.24) is 25.9 Å². The van der Waals surface area contributed by atoms with Crippen molar-refractivity contribution in [2.75, 3.05) is 0 Å². The number of nitrogens with one attached hydrogen (secondary N) is 5. The summed E-state index contributed by atoms with van der Waals surface area (Å²) in [5, 5.41) is 28.9. The quantitative estimate of drug-likeness (QED) is 0.0737. The van der Waals surface area contributed by atoms with Crippen LogP contribution in [0.1, 0.15) is 29.5 Å². The van der Waals surface area contributed by atoms with Gasteiger partial charge >= 0.3 is 5.97 Å². The number of phenols is 1. The first-order valence-electron chi connectivity index (χ1n) is 16.0. The van der Waals surface area contributed by atoms with Crippen LogP contribution in [0.5, 0.6) is 5.75 Å². The Balaban J connectivity index is 1.35. The minimum Gasteiger partial charge on any atom is -0.508 e. The summed E-state index contributed by atoms with van der Waals surface area (Å²) in [5.74, 6) is -4.29. The van der Waals surface area contributed by atoms with Gasteiger partial charge in [-0.1, -0.05) is 48.5 Å². The summed E-state index contributed by atoms with van der Waals surface area (Å²) in [6, 6.07) is 15.8. The van der Waals surface area contributed by atoms with E-state index in [4.69, 9.17) is 11.5 Å². The molecule has 2 aromatic heterocycles. The molecule has 4 unspecified atom stereocenters. The summed E-state index contributed by atoms with van der Waals surface area (Å²) in [5.41, 5.74) is 15.5. The highest BCUT2D eigenvalue weighted by Gasteiger charge is 2.31. The molecule has 0 aliphatic rings. The number of carboxylic acid groups (broad SMARTS) is 1. The molecular formula is C36H39N7O7. The molecule has 2 heterocycles. The Hall–Kier alpha value is -6.15. The topological polar surface area (TPSA) is 246 Å². The lowest BCUT2D eigenvalue weighted by molar-refractivity contribution is -0.142. The number of carboxylic acids is 1. The molecular weight excluding hydrogens is 642 g/mol. The summed E-state index contributed by atoms with van der Waals surface area (Å²) in [4.78, 5) is 71.0. The van der Waals surface area contributed by atoms with Crippen LogP contribution in [0.25, 0.3) is 21.8 Å². The maximum atomic E-state index is 13.9. The van der Waals surface area contributed by atoms with E-state index >= 15 is 0 Å². The van der Waals surface area contributed by atoms with Crippen molar-refractivity contribution in [2.24, 2.45) is 11.5 Å². The third-order valence-corrected chi connectivity index (χ3v) is 8.49. The van der Waals surface area contributed by atoms with Gasteiger partial charge in [0.05, 0.1) is 6.04 Å². The third-order valence-electron chi connectivity index (χ3n) is 8.49. The number of aliphatic carboxylic acids is 1. The number of rotatable bonds is 16. The van der Waals surface area contributed by atoms with Crippen molar-refractivity contribution >= 4 is 51.4 Å². The van der Waals surface area contributed by atoms with Gasteiger partial charge in [0.1, 0.15) is 23.9 Å². The molecule has 4 amide bonds. The zero-order valence-electron chi connectivity index (χ0n) is 27.0. The molecule has 50 heavy (non-hydrogen) atoms. The van der Waals surface area contributed by atoms with E-state index in [-0.39, 0.29) is 37.9 Å². The summed E-state index contributed by atoms with van der Waals surface area (Å²) < 4.78 is 0. The Morgan fingerprint density at radius 3 is 1.76 bits per heavy atom.